The van der Waals surface area contributed by atoms with Gasteiger partial charge in [-0.2, -0.15) is 0 Å². The Morgan fingerprint density at radius 3 is 2.40 bits per heavy atom. The van der Waals surface area contributed by atoms with Crippen molar-refractivity contribution in [3.05, 3.63) is 16.1 Å². The van der Waals surface area contributed by atoms with Crippen LogP contribution in [-0.4, -0.2) is 17.0 Å². The molecule has 0 unspecified atom stereocenters. The van der Waals surface area contributed by atoms with E-state index in [9.17, 15) is 0 Å². The number of thiazole rings is 2. The average Bonchev–Trinajstić information content (AvgIpc) is 3.06. The standard InChI is InChI=1S/C15H23N3S2/c1-6-10(7-2)14-18-12(9(3)4)13(20-14)11-8-19-15(16-5)17-11/h8-10H,6-7H2,1-5H3,(H,16,17). The molecule has 0 aliphatic rings. The first-order valence-corrected chi connectivity index (χ1v) is 8.94. The number of rotatable bonds is 6. The summed E-state index contributed by atoms with van der Waals surface area (Å²) in [5.41, 5.74) is 2.27. The van der Waals surface area contributed by atoms with E-state index in [0.717, 1.165) is 23.7 Å². The van der Waals surface area contributed by atoms with Crippen molar-refractivity contribution in [1.29, 1.82) is 0 Å². The predicted octanol–water partition coefficient (Wildman–Crippen LogP) is 5.34. The predicted molar refractivity (Wildman–Crippen MR) is 90.2 cm³/mol. The number of hydrogen-bond acceptors (Lipinski definition) is 5. The molecule has 0 aromatic carbocycles. The molecule has 0 radical (unpaired) electrons. The van der Waals surface area contributed by atoms with Crippen LogP contribution in [0, 0.1) is 0 Å². The highest BCUT2D eigenvalue weighted by Crippen LogP contribution is 2.39. The molecule has 0 bridgehead atoms. The Hall–Kier alpha value is -0.940. The van der Waals surface area contributed by atoms with Crippen molar-refractivity contribution in [3.63, 3.8) is 0 Å². The monoisotopic (exact) mass is 309 g/mol. The van der Waals surface area contributed by atoms with Crippen LogP contribution in [0.3, 0.4) is 0 Å². The molecule has 1 N–H and O–H groups in total. The average molecular weight is 310 g/mol. The Morgan fingerprint density at radius 2 is 1.90 bits per heavy atom. The summed E-state index contributed by atoms with van der Waals surface area (Å²) >= 11 is 3.48. The van der Waals surface area contributed by atoms with E-state index in [1.54, 1.807) is 11.3 Å². The lowest BCUT2D eigenvalue weighted by Gasteiger charge is -2.07. The van der Waals surface area contributed by atoms with Crippen LogP contribution < -0.4 is 5.32 Å². The van der Waals surface area contributed by atoms with Crippen LogP contribution >= 0.6 is 22.7 Å². The molecule has 0 amide bonds. The van der Waals surface area contributed by atoms with Gasteiger partial charge in [-0.3, -0.25) is 0 Å². The van der Waals surface area contributed by atoms with Gasteiger partial charge in [0.1, 0.15) is 0 Å². The Labute approximate surface area is 129 Å². The zero-order valence-electron chi connectivity index (χ0n) is 12.9. The summed E-state index contributed by atoms with van der Waals surface area (Å²) in [5.74, 6) is 1.01. The van der Waals surface area contributed by atoms with E-state index in [1.807, 2.05) is 18.4 Å². The van der Waals surface area contributed by atoms with Gasteiger partial charge in [-0.05, 0) is 18.8 Å². The third-order valence-electron chi connectivity index (χ3n) is 3.50. The van der Waals surface area contributed by atoms with Crippen LogP contribution in [-0.2, 0) is 0 Å². The van der Waals surface area contributed by atoms with Crippen LogP contribution in [0.1, 0.15) is 63.1 Å². The molecule has 2 heterocycles. The molecule has 0 saturated carbocycles. The van der Waals surface area contributed by atoms with Crippen molar-refractivity contribution in [3.8, 4) is 10.6 Å². The lowest BCUT2D eigenvalue weighted by Crippen LogP contribution is -1.96. The SMILES string of the molecule is CCC(CC)c1nc(C(C)C)c(-c2csc(NC)n2)s1. The topological polar surface area (TPSA) is 37.8 Å². The minimum Gasteiger partial charge on any atom is -0.365 e. The molecule has 0 atom stereocenters. The third-order valence-corrected chi connectivity index (χ3v) is 5.62. The summed E-state index contributed by atoms with van der Waals surface area (Å²) in [4.78, 5) is 10.8. The Kier molecular flexibility index (Phi) is 5.16. The van der Waals surface area contributed by atoms with Gasteiger partial charge >= 0.3 is 0 Å². The molecule has 110 valence electrons. The van der Waals surface area contributed by atoms with Gasteiger partial charge in [0.25, 0.3) is 0 Å². The Bertz CT molecular complexity index is 553. The Morgan fingerprint density at radius 1 is 1.20 bits per heavy atom. The quantitative estimate of drug-likeness (QED) is 0.783. The molecule has 0 aliphatic heterocycles. The largest absolute Gasteiger partial charge is 0.365 e. The van der Waals surface area contributed by atoms with Crippen molar-refractivity contribution >= 4 is 27.8 Å². The Balaban J connectivity index is 2.45. The van der Waals surface area contributed by atoms with E-state index < -0.39 is 0 Å². The summed E-state index contributed by atoms with van der Waals surface area (Å²) < 4.78 is 0. The molecule has 0 fully saturated rings. The van der Waals surface area contributed by atoms with Gasteiger partial charge in [0.15, 0.2) is 5.13 Å². The highest BCUT2D eigenvalue weighted by Gasteiger charge is 2.21. The fraction of sp³-hybridized carbons (Fsp3) is 0.600. The molecule has 0 spiro atoms. The smallest absolute Gasteiger partial charge is 0.182 e. The van der Waals surface area contributed by atoms with Gasteiger partial charge in [-0.15, -0.1) is 22.7 Å². The zero-order chi connectivity index (χ0) is 14.7. The maximum Gasteiger partial charge on any atom is 0.182 e. The van der Waals surface area contributed by atoms with E-state index in [-0.39, 0.29) is 0 Å². The van der Waals surface area contributed by atoms with Crippen molar-refractivity contribution in [2.75, 3.05) is 12.4 Å². The molecular formula is C15H23N3S2. The van der Waals surface area contributed by atoms with Crippen LogP contribution in [0.4, 0.5) is 5.13 Å². The van der Waals surface area contributed by atoms with Gasteiger partial charge in [0, 0.05) is 18.3 Å². The molecule has 2 aromatic heterocycles. The second-order valence-electron chi connectivity index (χ2n) is 5.22. The van der Waals surface area contributed by atoms with Crippen molar-refractivity contribution < 1.29 is 0 Å². The normalized spacial score (nSPS) is 11.6. The van der Waals surface area contributed by atoms with E-state index in [2.05, 4.69) is 43.4 Å². The number of nitrogens with zero attached hydrogens (tertiary/aromatic N) is 2. The first kappa shape index (κ1) is 15.4. The maximum absolute atomic E-state index is 4.93. The van der Waals surface area contributed by atoms with Crippen molar-refractivity contribution in [1.82, 2.24) is 9.97 Å². The molecule has 20 heavy (non-hydrogen) atoms. The summed E-state index contributed by atoms with van der Waals surface area (Å²) in [6.07, 6.45) is 2.31. The number of aromatic nitrogens is 2. The second-order valence-corrected chi connectivity index (χ2v) is 7.11. The van der Waals surface area contributed by atoms with Crippen molar-refractivity contribution in [2.24, 2.45) is 0 Å². The first-order valence-electron chi connectivity index (χ1n) is 7.24. The fourth-order valence-electron chi connectivity index (χ4n) is 2.23. The summed E-state index contributed by atoms with van der Waals surface area (Å²) in [6, 6.07) is 0. The van der Waals surface area contributed by atoms with Gasteiger partial charge < -0.3 is 5.32 Å². The van der Waals surface area contributed by atoms with Crippen LogP contribution in [0.25, 0.3) is 10.6 Å². The number of nitrogens with one attached hydrogen (secondary N) is 1. The van der Waals surface area contributed by atoms with E-state index >= 15 is 0 Å². The number of hydrogen-bond donors (Lipinski definition) is 1. The molecule has 2 rings (SSSR count). The highest BCUT2D eigenvalue weighted by atomic mass is 32.1. The first-order chi connectivity index (χ1) is 9.60. The maximum atomic E-state index is 4.93. The van der Waals surface area contributed by atoms with E-state index in [4.69, 9.17) is 4.98 Å². The molecular weight excluding hydrogens is 286 g/mol. The molecule has 5 heteroatoms. The summed E-state index contributed by atoms with van der Waals surface area (Å²) in [5, 5.41) is 7.47. The van der Waals surface area contributed by atoms with Gasteiger partial charge in [-0.1, -0.05) is 27.7 Å². The third kappa shape index (κ3) is 3.04. The molecule has 3 nitrogen and oxygen atoms in total. The van der Waals surface area contributed by atoms with Crippen molar-refractivity contribution in [2.45, 2.75) is 52.4 Å². The molecule has 2 aromatic rings. The molecule has 0 aliphatic carbocycles. The minimum absolute atomic E-state index is 0.434. The van der Waals surface area contributed by atoms with Crippen LogP contribution in [0.5, 0.6) is 0 Å². The van der Waals surface area contributed by atoms with Gasteiger partial charge in [-0.25, -0.2) is 9.97 Å². The number of anilines is 1. The van der Waals surface area contributed by atoms with Gasteiger partial charge in [0.2, 0.25) is 0 Å². The van der Waals surface area contributed by atoms with Crippen LogP contribution in [0.15, 0.2) is 5.38 Å². The van der Waals surface area contributed by atoms with E-state index in [1.165, 1.54) is 15.6 Å². The van der Waals surface area contributed by atoms with Gasteiger partial charge in [0.05, 0.1) is 21.3 Å². The zero-order valence-corrected chi connectivity index (χ0v) is 14.5. The fourth-order valence-corrected chi connectivity index (χ4v) is 4.41. The van der Waals surface area contributed by atoms with E-state index in [0.29, 0.717) is 11.8 Å². The lowest BCUT2D eigenvalue weighted by molar-refractivity contribution is 0.632. The molecule has 0 saturated heterocycles. The second kappa shape index (κ2) is 6.68. The highest BCUT2D eigenvalue weighted by molar-refractivity contribution is 7.17. The lowest BCUT2D eigenvalue weighted by atomic mass is 10.0. The van der Waals surface area contributed by atoms with Crippen LogP contribution in [0.2, 0.25) is 0 Å². The minimum atomic E-state index is 0.434. The summed E-state index contributed by atoms with van der Waals surface area (Å²) in [6.45, 7) is 8.90. The summed E-state index contributed by atoms with van der Waals surface area (Å²) in [7, 11) is 1.91.